The molecule has 0 aliphatic heterocycles. The van der Waals surface area contributed by atoms with Crippen molar-refractivity contribution in [1.29, 1.82) is 0 Å². The maximum absolute atomic E-state index is 11.9. The van der Waals surface area contributed by atoms with E-state index in [-0.39, 0.29) is 12.5 Å². The molecule has 0 fully saturated rings. The molecular formula is C13H21N3O3. The Morgan fingerprint density at radius 1 is 1.53 bits per heavy atom. The first kappa shape index (κ1) is 15.4. The van der Waals surface area contributed by atoms with Crippen LogP contribution in [-0.4, -0.2) is 60.8 Å². The van der Waals surface area contributed by atoms with Crippen LogP contribution in [0.15, 0.2) is 18.3 Å². The Morgan fingerprint density at radius 2 is 2.21 bits per heavy atom. The number of carbonyl (C=O) groups is 1. The molecule has 1 rings (SSSR count). The molecule has 0 aliphatic rings. The zero-order chi connectivity index (χ0) is 14.5. The Morgan fingerprint density at radius 3 is 2.68 bits per heavy atom. The number of hydrogen-bond donors (Lipinski definition) is 2. The van der Waals surface area contributed by atoms with Crippen LogP contribution in [0.4, 0.5) is 0 Å². The second kappa shape index (κ2) is 6.49. The average Bonchev–Trinajstić information content (AvgIpc) is 2.34. The molecule has 6 heteroatoms. The van der Waals surface area contributed by atoms with E-state index in [0.717, 1.165) is 0 Å². The number of ether oxygens (including phenoxy) is 1. The maximum Gasteiger partial charge on any atom is 0.252 e. The lowest BCUT2D eigenvalue weighted by Gasteiger charge is -2.27. The fourth-order valence-electron chi connectivity index (χ4n) is 1.75. The van der Waals surface area contributed by atoms with Crippen LogP contribution >= 0.6 is 0 Å². The van der Waals surface area contributed by atoms with Gasteiger partial charge in [0, 0.05) is 25.4 Å². The van der Waals surface area contributed by atoms with Crippen molar-refractivity contribution in [2.45, 2.75) is 12.5 Å². The minimum absolute atomic E-state index is 0.177. The van der Waals surface area contributed by atoms with Crippen LogP contribution in [0.1, 0.15) is 17.3 Å². The van der Waals surface area contributed by atoms with Crippen LogP contribution in [0, 0.1) is 0 Å². The van der Waals surface area contributed by atoms with Crippen molar-refractivity contribution in [2.24, 2.45) is 0 Å². The molecule has 1 unspecified atom stereocenters. The van der Waals surface area contributed by atoms with E-state index in [1.54, 1.807) is 19.1 Å². The van der Waals surface area contributed by atoms with E-state index in [2.05, 4.69) is 10.3 Å². The molecule has 0 saturated heterocycles. The molecule has 1 heterocycles. The third kappa shape index (κ3) is 5.23. The molecule has 0 bridgehead atoms. The number of methoxy groups -OCH3 is 1. The molecule has 6 nitrogen and oxygen atoms in total. The van der Waals surface area contributed by atoms with E-state index in [1.807, 2.05) is 19.0 Å². The summed E-state index contributed by atoms with van der Waals surface area (Å²) in [5, 5.41) is 12.8. The van der Waals surface area contributed by atoms with Crippen LogP contribution < -0.4 is 10.1 Å². The lowest BCUT2D eigenvalue weighted by molar-refractivity contribution is 0.0326. The van der Waals surface area contributed by atoms with Crippen molar-refractivity contribution in [2.75, 3.05) is 34.3 Å². The van der Waals surface area contributed by atoms with E-state index in [1.165, 1.54) is 13.3 Å². The number of aliphatic hydroxyl groups is 1. The van der Waals surface area contributed by atoms with Gasteiger partial charge in [-0.05, 0) is 27.1 Å². The summed E-state index contributed by atoms with van der Waals surface area (Å²) in [7, 11) is 5.24. The number of pyridine rings is 1. The number of carbonyl (C=O) groups excluding carboxylic acids is 1. The number of aromatic nitrogens is 1. The number of nitrogens with zero attached hydrogens (tertiary/aromatic N) is 2. The van der Waals surface area contributed by atoms with Crippen molar-refractivity contribution in [1.82, 2.24) is 15.2 Å². The van der Waals surface area contributed by atoms with Gasteiger partial charge in [0.15, 0.2) is 0 Å². The van der Waals surface area contributed by atoms with Crippen LogP contribution in [0.3, 0.4) is 0 Å². The van der Waals surface area contributed by atoms with Gasteiger partial charge in [-0.2, -0.15) is 0 Å². The predicted molar refractivity (Wildman–Crippen MR) is 72.3 cm³/mol. The van der Waals surface area contributed by atoms with Crippen LogP contribution in [0.5, 0.6) is 5.88 Å². The fourth-order valence-corrected chi connectivity index (χ4v) is 1.75. The first-order valence-corrected chi connectivity index (χ1v) is 5.99. The summed E-state index contributed by atoms with van der Waals surface area (Å²) in [6, 6.07) is 3.24. The zero-order valence-electron chi connectivity index (χ0n) is 11.8. The summed E-state index contributed by atoms with van der Waals surface area (Å²) < 4.78 is 4.92. The van der Waals surface area contributed by atoms with E-state index in [4.69, 9.17) is 4.74 Å². The first-order chi connectivity index (χ1) is 8.84. The molecule has 1 amide bonds. The van der Waals surface area contributed by atoms with Gasteiger partial charge in [-0.3, -0.25) is 4.79 Å². The normalized spacial score (nSPS) is 14.0. The summed E-state index contributed by atoms with van der Waals surface area (Å²) in [4.78, 5) is 17.7. The van der Waals surface area contributed by atoms with E-state index in [9.17, 15) is 9.90 Å². The van der Waals surface area contributed by atoms with Gasteiger partial charge in [0.2, 0.25) is 5.88 Å². The summed E-state index contributed by atoms with van der Waals surface area (Å²) >= 11 is 0. The van der Waals surface area contributed by atoms with Gasteiger partial charge in [0.1, 0.15) is 0 Å². The lowest BCUT2D eigenvalue weighted by atomic mass is 10.1. The Balaban J connectivity index is 2.55. The minimum Gasteiger partial charge on any atom is -0.481 e. The molecule has 106 valence electrons. The second-order valence-corrected chi connectivity index (χ2v) is 5.01. The fraction of sp³-hybridized carbons (Fsp3) is 0.538. The molecule has 0 radical (unpaired) electrons. The average molecular weight is 267 g/mol. The van der Waals surface area contributed by atoms with Gasteiger partial charge in [0.05, 0.1) is 18.3 Å². The molecule has 0 spiro atoms. The Labute approximate surface area is 113 Å². The summed E-state index contributed by atoms with van der Waals surface area (Å²) in [6.45, 7) is 2.32. The Hall–Kier alpha value is -1.66. The minimum atomic E-state index is -0.973. The Bertz CT molecular complexity index is 416. The van der Waals surface area contributed by atoms with Gasteiger partial charge in [-0.25, -0.2) is 4.98 Å². The highest BCUT2D eigenvalue weighted by molar-refractivity contribution is 5.93. The van der Waals surface area contributed by atoms with Crippen LogP contribution in [0.2, 0.25) is 0 Å². The maximum atomic E-state index is 11.9. The monoisotopic (exact) mass is 267 g/mol. The summed E-state index contributed by atoms with van der Waals surface area (Å²) in [6.07, 6.45) is 1.44. The van der Waals surface area contributed by atoms with Crippen molar-refractivity contribution in [3.63, 3.8) is 0 Å². The quantitative estimate of drug-likeness (QED) is 0.766. The number of likely N-dealkylation sites (N-methyl/N-ethyl adjacent to an activating group) is 1. The summed E-state index contributed by atoms with van der Waals surface area (Å²) in [5.41, 5.74) is -0.541. The topological polar surface area (TPSA) is 74.7 Å². The number of nitrogens with one attached hydrogen (secondary N) is 1. The van der Waals surface area contributed by atoms with E-state index >= 15 is 0 Å². The molecule has 0 aliphatic carbocycles. The van der Waals surface area contributed by atoms with E-state index < -0.39 is 5.60 Å². The smallest absolute Gasteiger partial charge is 0.252 e. The van der Waals surface area contributed by atoms with Gasteiger partial charge < -0.3 is 20.1 Å². The van der Waals surface area contributed by atoms with Crippen LogP contribution in [0.25, 0.3) is 0 Å². The number of rotatable bonds is 6. The van der Waals surface area contributed by atoms with Crippen LogP contribution in [-0.2, 0) is 0 Å². The molecule has 2 N–H and O–H groups in total. The third-order valence-electron chi connectivity index (χ3n) is 2.49. The molecule has 0 aromatic carbocycles. The molecule has 1 aromatic heterocycles. The van der Waals surface area contributed by atoms with Crippen molar-refractivity contribution < 1.29 is 14.6 Å². The Kier molecular flexibility index (Phi) is 5.26. The largest absolute Gasteiger partial charge is 0.481 e. The predicted octanol–water partition coefficient (Wildman–Crippen LogP) is 0.133. The van der Waals surface area contributed by atoms with Crippen molar-refractivity contribution >= 4 is 5.91 Å². The van der Waals surface area contributed by atoms with Gasteiger partial charge >= 0.3 is 0 Å². The zero-order valence-corrected chi connectivity index (χ0v) is 11.8. The molecular weight excluding hydrogens is 246 g/mol. The molecule has 0 saturated carbocycles. The van der Waals surface area contributed by atoms with E-state index in [0.29, 0.717) is 18.0 Å². The second-order valence-electron chi connectivity index (χ2n) is 5.01. The highest BCUT2D eigenvalue weighted by Gasteiger charge is 2.22. The molecule has 19 heavy (non-hydrogen) atoms. The number of amides is 1. The van der Waals surface area contributed by atoms with Gasteiger partial charge in [-0.1, -0.05) is 0 Å². The van der Waals surface area contributed by atoms with Gasteiger partial charge in [-0.15, -0.1) is 0 Å². The third-order valence-corrected chi connectivity index (χ3v) is 2.49. The SMILES string of the molecule is COc1ccc(C(=O)NCC(C)(O)CN(C)C)cn1. The van der Waals surface area contributed by atoms with Crippen molar-refractivity contribution in [3.8, 4) is 5.88 Å². The lowest BCUT2D eigenvalue weighted by Crippen LogP contribution is -2.47. The van der Waals surface area contributed by atoms with Gasteiger partial charge in [0.25, 0.3) is 5.91 Å². The highest BCUT2D eigenvalue weighted by Crippen LogP contribution is 2.07. The first-order valence-electron chi connectivity index (χ1n) is 5.99. The highest BCUT2D eigenvalue weighted by atomic mass is 16.5. The standard InChI is InChI=1S/C13H21N3O3/c1-13(18,9-16(2)3)8-15-12(17)10-5-6-11(19-4)14-7-10/h5-7,18H,8-9H2,1-4H3,(H,15,17). The van der Waals surface area contributed by atoms with Crippen molar-refractivity contribution in [3.05, 3.63) is 23.9 Å². The summed E-state index contributed by atoms with van der Waals surface area (Å²) in [5.74, 6) is 0.185. The molecule has 1 atom stereocenters. The molecule has 1 aromatic rings. The number of hydrogen-bond acceptors (Lipinski definition) is 5.